The second-order valence-corrected chi connectivity index (χ2v) is 8.09. The molecule has 2 aliphatic heterocycles. The normalized spacial score (nSPS) is 20.1. The number of amides is 1. The number of benzene rings is 2. The topological polar surface area (TPSA) is 101 Å². The number of carbonyl (C=O) groups excluding carboxylic acids is 1. The molecule has 0 saturated carbocycles. The van der Waals surface area contributed by atoms with E-state index in [0.29, 0.717) is 36.5 Å². The number of carbonyl (C=O) groups is 1. The van der Waals surface area contributed by atoms with Gasteiger partial charge in [-0.2, -0.15) is 0 Å². The third kappa shape index (κ3) is 3.74. The second kappa shape index (κ2) is 8.03. The van der Waals surface area contributed by atoms with Gasteiger partial charge < -0.3 is 20.1 Å². The van der Waals surface area contributed by atoms with Crippen molar-refractivity contribution in [2.75, 3.05) is 19.8 Å². The first kappa shape index (κ1) is 19.6. The minimum atomic E-state index is -0.555. The molecule has 1 aromatic heterocycles. The van der Waals surface area contributed by atoms with Crippen molar-refractivity contribution in [3.8, 4) is 11.5 Å². The highest BCUT2D eigenvalue weighted by Gasteiger charge is 2.32. The average molecular weight is 421 g/mol. The molecule has 1 fully saturated rings. The standard InChI is InChI=1S/C23H24N4O4/c24-21(28)13-27-22(25-17-5-2-1-4-16(17)23(27)29)14-26-9-3-6-18(26)15-7-8-19-20(12-15)31-11-10-30-19/h1-2,4-5,7-8,12,18H,3,6,9-11,13-14H2,(H2,24,28)/p+1/t18-/m0/s1. The molecule has 0 spiro atoms. The fourth-order valence-electron chi connectivity index (χ4n) is 4.67. The number of nitrogens with zero attached hydrogens (tertiary/aromatic N) is 2. The smallest absolute Gasteiger partial charge is 0.262 e. The lowest BCUT2D eigenvalue weighted by Gasteiger charge is -2.25. The van der Waals surface area contributed by atoms with Gasteiger partial charge in [0.2, 0.25) is 5.91 Å². The van der Waals surface area contributed by atoms with E-state index in [2.05, 4.69) is 12.1 Å². The molecule has 0 bridgehead atoms. The molecule has 160 valence electrons. The zero-order valence-electron chi connectivity index (χ0n) is 17.2. The van der Waals surface area contributed by atoms with E-state index < -0.39 is 5.91 Å². The molecule has 0 aliphatic carbocycles. The molecule has 8 nitrogen and oxygen atoms in total. The summed E-state index contributed by atoms with van der Waals surface area (Å²) in [5.74, 6) is 1.59. The highest BCUT2D eigenvalue weighted by Crippen LogP contribution is 2.33. The summed E-state index contributed by atoms with van der Waals surface area (Å²) < 4.78 is 12.8. The summed E-state index contributed by atoms with van der Waals surface area (Å²) in [5.41, 5.74) is 7.03. The Morgan fingerprint density at radius 2 is 1.97 bits per heavy atom. The van der Waals surface area contributed by atoms with Gasteiger partial charge in [0.1, 0.15) is 32.3 Å². The van der Waals surface area contributed by atoms with E-state index in [1.807, 2.05) is 18.2 Å². The molecule has 8 heteroatoms. The summed E-state index contributed by atoms with van der Waals surface area (Å²) >= 11 is 0. The Morgan fingerprint density at radius 3 is 2.81 bits per heavy atom. The fourth-order valence-corrected chi connectivity index (χ4v) is 4.67. The Balaban J connectivity index is 1.50. The fraction of sp³-hybridized carbons (Fsp3) is 0.348. The minimum absolute atomic E-state index is 0.173. The molecule has 3 aromatic rings. The quantitative estimate of drug-likeness (QED) is 0.628. The van der Waals surface area contributed by atoms with Crippen molar-refractivity contribution in [1.29, 1.82) is 0 Å². The molecule has 1 amide bonds. The van der Waals surface area contributed by atoms with E-state index in [1.165, 1.54) is 15.0 Å². The summed E-state index contributed by atoms with van der Waals surface area (Å²) in [5, 5.41) is 0.493. The highest BCUT2D eigenvalue weighted by atomic mass is 16.6. The van der Waals surface area contributed by atoms with Crippen LogP contribution in [0.2, 0.25) is 0 Å². The van der Waals surface area contributed by atoms with E-state index >= 15 is 0 Å². The first-order valence-corrected chi connectivity index (χ1v) is 10.6. The van der Waals surface area contributed by atoms with E-state index in [1.54, 1.807) is 12.1 Å². The number of nitrogens with one attached hydrogen (secondary N) is 1. The molecular weight excluding hydrogens is 396 g/mol. The van der Waals surface area contributed by atoms with Crippen LogP contribution in [-0.4, -0.2) is 35.2 Å². The van der Waals surface area contributed by atoms with Crippen LogP contribution in [0.3, 0.4) is 0 Å². The number of hydrogen-bond donors (Lipinski definition) is 2. The van der Waals surface area contributed by atoms with Crippen LogP contribution in [0.5, 0.6) is 11.5 Å². The molecule has 1 saturated heterocycles. The number of fused-ring (bicyclic) bond motifs is 2. The van der Waals surface area contributed by atoms with Crippen LogP contribution in [-0.2, 0) is 17.9 Å². The Morgan fingerprint density at radius 1 is 1.16 bits per heavy atom. The van der Waals surface area contributed by atoms with Gasteiger partial charge in [-0.3, -0.25) is 14.2 Å². The van der Waals surface area contributed by atoms with Crippen molar-refractivity contribution >= 4 is 16.8 Å². The second-order valence-electron chi connectivity index (χ2n) is 8.09. The van der Waals surface area contributed by atoms with Crippen molar-refractivity contribution < 1.29 is 19.2 Å². The first-order valence-electron chi connectivity index (χ1n) is 10.6. The van der Waals surface area contributed by atoms with E-state index in [4.69, 9.17) is 20.2 Å². The Hall–Kier alpha value is -3.39. The Bertz CT molecular complexity index is 1210. The molecular formula is C23H25N4O4+. The molecule has 0 radical (unpaired) electrons. The van der Waals surface area contributed by atoms with Crippen molar-refractivity contribution in [3.05, 3.63) is 64.2 Å². The van der Waals surface area contributed by atoms with Gasteiger partial charge in [0.25, 0.3) is 5.56 Å². The summed E-state index contributed by atoms with van der Waals surface area (Å²) in [6.45, 7) is 2.44. The molecule has 2 aromatic carbocycles. The molecule has 3 heterocycles. The largest absolute Gasteiger partial charge is 0.486 e. The maximum atomic E-state index is 13.0. The van der Waals surface area contributed by atoms with Gasteiger partial charge in [-0.25, -0.2) is 4.98 Å². The van der Waals surface area contributed by atoms with E-state index in [-0.39, 0.29) is 18.1 Å². The number of likely N-dealkylation sites (tertiary alicyclic amines) is 1. The Labute approximate surface area is 179 Å². The summed E-state index contributed by atoms with van der Waals surface area (Å²) in [6, 6.07) is 13.6. The van der Waals surface area contributed by atoms with Crippen molar-refractivity contribution in [1.82, 2.24) is 9.55 Å². The third-order valence-corrected chi connectivity index (χ3v) is 6.09. The van der Waals surface area contributed by atoms with Gasteiger partial charge in [0, 0.05) is 18.4 Å². The van der Waals surface area contributed by atoms with Crippen LogP contribution in [0, 0.1) is 0 Å². The first-order chi connectivity index (χ1) is 15.1. The predicted molar refractivity (Wildman–Crippen MR) is 114 cm³/mol. The number of nitrogens with two attached hydrogens (primary N) is 1. The molecule has 2 atom stereocenters. The molecule has 5 rings (SSSR count). The molecule has 2 aliphatic rings. The summed E-state index contributed by atoms with van der Waals surface area (Å²) in [7, 11) is 0. The zero-order chi connectivity index (χ0) is 21.4. The highest BCUT2D eigenvalue weighted by molar-refractivity contribution is 5.78. The lowest BCUT2D eigenvalue weighted by Crippen LogP contribution is -3.09. The SMILES string of the molecule is NC(=O)Cn1c(C[NH+]2CCC[C@H]2c2ccc3c(c2)OCCO3)nc2ccccc2c1=O. The van der Waals surface area contributed by atoms with Crippen molar-refractivity contribution in [2.24, 2.45) is 5.73 Å². The van der Waals surface area contributed by atoms with Crippen LogP contribution in [0.15, 0.2) is 47.3 Å². The third-order valence-electron chi connectivity index (χ3n) is 6.09. The van der Waals surface area contributed by atoms with Gasteiger partial charge in [-0.15, -0.1) is 0 Å². The Kier molecular flexibility index (Phi) is 5.07. The summed E-state index contributed by atoms with van der Waals surface area (Å²) in [6.07, 6.45) is 2.10. The molecule has 3 N–H and O–H groups in total. The lowest BCUT2D eigenvalue weighted by atomic mass is 10.0. The van der Waals surface area contributed by atoms with E-state index in [0.717, 1.165) is 30.9 Å². The predicted octanol–water partition coefficient (Wildman–Crippen LogP) is 0.573. The minimum Gasteiger partial charge on any atom is -0.486 e. The zero-order valence-corrected chi connectivity index (χ0v) is 17.2. The van der Waals surface area contributed by atoms with Gasteiger partial charge in [-0.1, -0.05) is 12.1 Å². The number of quaternary nitrogens is 1. The number of aromatic nitrogens is 2. The van der Waals surface area contributed by atoms with Gasteiger partial charge in [-0.05, 0) is 30.3 Å². The van der Waals surface area contributed by atoms with Gasteiger partial charge >= 0.3 is 0 Å². The van der Waals surface area contributed by atoms with Gasteiger partial charge in [0.05, 0.1) is 17.4 Å². The van der Waals surface area contributed by atoms with E-state index in [9.17, 15) is 9.59 Å². The number of rotatable bonds is 5. The molecule has 31 heavy (non-hydrogen) atoms. The number of ether oxygens (including phenoxy) is 2. The lowest BCUT2D eigenvalue weighted by molar-refractivity contribution is -0.932. The van der Waals surface area contributed by atoms with Crippen molar-refractivity contribution in [3.63, 3.8) is 0 Å². The molecule has 1 unspecified atom stereocenters. The van der Waals surface area contributed by atoms with Gasteiger partial charge in [0.15, 0.2) is 17.3 Å². The van der Waals surface area contributed by atoms with Crippen LogP contribution in [0.4, 0.5) is 0 Å². The maximum Gasteiger partial charge on any atom is 0.262 e. The van der Waals surface area contributed by atoms with Crippen LogP contribution >= 0.6 is 0 Å². The number of hydrogen-bond acceptors (Lipinski definition) is 5. The van der Waals surface area contributed by atoms with Crippen molar-refractivity contribution in [2.45, 2.75) is 32.0 Å². The van der Waals surface area contributed by atoms with Crippen LogP contribution in [0.25, 0.3) is 10.9 Å². The number of para-hydroxylation sites is 1. The number of primary amides is 1. The van der Waals surface area contributed by atoms with Crippen LogP contribution < -0.4 is 25.7 Å². The maximum absolute atomic E-state index is 13.0. The summed E-state index contributed by atoms with van der Waals surface area (Å²) in [4.78, 5) is 30.8. The monoisotopic (exact) mass is 421 g/mol. The average Bonchev–Trinajstić information content (AvgIpc) is 3.24. The van der Waals surface area contributed by atoms with Crippen LogP contribution in [0.1, 0.15) is 30.3 Å².